The van der Waals surface area contributed by atoms with Crippen molar-refractivity contribution in [3.05, 3.63) is 33.8 Å². The minimum atomic E-state index is -0.863. The largest absolute Gasteiger partial charge is 0.376 e. The first-order valence-electron chi connectivity index (χ1n) is 6.20. The molecule has 0 fully saturated rings. The lowest BCUT2D eigenvalue weighted by atomic mass is 9.82. The van der Waals surface area contributed by atoms with Crippen LogP contribution in [0.25, 0.3) is 0 Å². The van der Waals surface area contributed by atoms with Gasteiger partial charge in [-0.25, -0.2) is 8.78 Å². The zero-order valence-electron chi connectivity index (χ0n) is 11.6. The Balaban J connectivity index is 3.24. The van der Waals surface area contributed by atoms with Crippen LogP contribution in [0.1, 0.15) is 39.3 Å². The van der Waals surface area contributed by atoms with E-state index in [9.17, 15) is 8.78 Å². The van der Waals surface area contributed by atoms with Crippen LogP contribution in [-0.2, 0) is 4.74 Å². The maximum atomic E-state index is 14.1. The molecule has 0 saturated carbocycles. The van der Waals surface area contributed by atoms with Gasteiger partial charge in [0.05, 0.1) is 16.6 Å². The van der Waals surface area contributed by atoms with Gasteiger partial charge < -0.3 is 10.5 Å². The van der Waals surface area contributed by atoms with Crippen LogP contribution in [-0.4, -0.2) is 12.7 Å². The van der Waals surface area contributed by atoms with Crippen LogP contribution in [0, 0.1) is 17.0 Å². The van der Waals surface area contributed by atoms with Crippen molar-refractivity contribution in [3.8, 4) is 0 Å². The average Bonchev–Trinajstić information content (AvgIpc) is 2.29. The number of hydrogen-bond acceptors (Lipinski definition) is 2. The van der Waals surface area contributed by atoms with Crippen LogP contribution in [0.2, 0.25) is 0 Å². The molecule has 0 saturated heterocycles. The van der Waals surface area contributed by atoms with Gasteiger partial charge in [-0.1, -0.05) is 20.8 Å². The van der Waals surface area contributed by atoms with E-state index in [1.807, 2.05) is 27.7 Å². The Labute approximate surface area is 121 Å². The third kappa shape index (κ3) is 3.74. The quantitative estimate of drug-likeness (QED) is 0.838. The highest BCUT2D eigenvalue weighted by molar-refractivity contribution is 9.10. The zero-order valence-corrected chi connectivity index (χ0v) is 13.2. The molecule has 0 aliphatic carbocycles. The number of ether oxygens (including phenoxy) is 1. The van der Waals surface area contributed by atoms with E-state index in [4.69, 9.17) is 10.5 Å². The summed E-state index contributed by atoms with van der Waals surface area (Å²) in [4.78, 5) is 0. The highest BCUT2D eigenvalue weighted by Crippen LogP contribution is 2.35. The van der Waals surface area contributed by atoms with Gasteiger partial charge in [-0.05, 0) is 40.4 Å². The van der Waals surface area contributed by atoms with Crippen molar-refractivity contribution in [2.75, 3.05) is 6.61 Å². The lowest BCUT2D eigenvalue weighted by molar-refractivity contribution is -0.0295. The molecule has 0 aliphatic rings. The summed E-state index contributed by atoms with van der Waals surface area (Å²) in [6.45, 7) is 8.06. The molecular formula is C14H20BrF2NO. The second-order valence-electron chi connectivity index (χ2n) is 5.52. The molecule has 0 heterocycles. The lowest BCUT2D eigenvalue weighted by Gasteiger charge is -2.35. The Morgan fingerprint density at radius 3 is 2.37 bits per heavy atom. The minimum Gasteiger partial charge on any atom is -0.376 e. The Kier molecular flexibility index (Phi) is 5.47. The van der Waals surface area contributed by atoms with E-state index in [-0.39, 0.29) is 15.5 Å². The van der Waals surface area contributed by atoms with E-state index >= 15 is 0 Å². The Morgan fingerprint density at radius 1 is 1.32 bits per heavy atom. The SMILES string of the molecule is CCOC(C(N)c1c(F)ccc(Br)c1F)C(C)(C)C. The minimum absolute atomic E-state index is 0.136. The molecule has 108 valence electrons. The first kappa shape index (κ1) is 16.5. The third-order valence-corrected chi connectivity index (χ3v) is 3.55. The molecule has 2 atom stereocenters. The molecule has 5 heteroatoms. The predicted molar refractivity (Wildman–Crippen MR) is 75.9 cm³/mol. The van der Waals surface area contributed by atoms with Crippen LogP contribution < -0.4 is 5.73 Å². The van der Waals surface area contributed by atoms with Crippen LogP contribution in [0.4, 0.5) is 8.78 Å². The molecule has 0 aliphatic heterocycles. The summed E-state index contributed by atoms with van der Waals surface area (Å²) in [5, 5.41) is 0. The second-order valence-corrected chi connectivity index (χ2v) is 6.38. The second kappa shape index (κ2) is 6.29. The van der Waals surface area contributed by atoms with E-state index in [1.165, 1.54) is 12.1 Å². The fourth-order valence-electron chi connectivity index (χ4n) is 2.07. The molecule has 2 N–H and O–H groups in total. The van der Waals surface area contributed by atoms with Gasteiger partial charge in [0.2, 0.25) is 0 Å². The van der Waals surface area contributed by atoms with Gasteiger partial charge in [-0.3, -0.25) is 0 Å². The Morgan fingerprint density at radius 2 is 1.89 bits per heavy atom. The molecule has 0 radical (unpaired) electrons. The predicted octanol–water partition coefficient (Wildman–Crippen LogP) is 4.18. The van der Waals surface area contributed by atoms with Crippen molar-refractivity contribution in [1.29, 1.82) is 0 Å². The van der Waals surface area contributed by atoms with Gasteiger partial charge in [0.15, 0.2) is 0 Å². The normalized spacial score (nSPS) is 15.4. The fraction of sp³-hybridized carbons (Fsp3) is 0.571. The third-order valence-electron chi connectivity index (χ3n) is 2.94. The highest BCUT2D eigenvalue weighted by atomic mass is 79.9. The van der Waals surface area contributed by atoms with Crippen molar-refractivity contribution < 1.29 is 13.5 Å². The standard InChI is InChI=1S/C14H20BrF2NO/c1-5-19-13(14(2,3)4)12(18)10-9(16)7-6-8(15)11(10)17/h6-7,12-13H,5,18H2,1-4H3. The van der Waals surface area contributed by atoms with E-state index in [0.717, 1.165) is 0 Å². The first-order valence-corrected chi connectivity index (χ1v) is 7.00. The Bertz CT molecular complexity index is 446. The summed E-state index contributed by atoms with van der Waals surface area (Å²) in [5.74, 6) is -1.32. The maximum absolute atomic E-state index is 14.1. The van der Waals surface area contributed by atoms with Crippen molar-refractivity contribution in [2.45, 2.75) is 39.8 Å². The summed E-state index contributed by atoms with van der Waals surface area (Å²) >= 11 is 3.05. The molecule has 0 spiro atoms. The van der Waals surface area contributed by atoms with Crippen molar-refractivity contribution >= 4 is 15.9 Å². The molecule has 0 aromatic heterocycles. The van der Waals surface area contributed by atoms with E-state index in [0.29, 0.717) is 6.61 Å². The molecule has 0 bridgehead atoms. The Hall–Kier alpha value is -0.520. The van der Waals surface area contributed by atoms with Crippen LogP contribution in [0.3, 0.4) is 0 Å². The summed E-state index contributed by atoms with van der Waals surface area (Å²) in [6.07, 6.45) is -0.476. The van der Waals surface area contributed by atoms with Crippen LogP contribution in [0.15, 0.2) is 16.6 Å². The maximum Gasteiger partial charge on any atom is 0.145 e. The van der Waals surface area contributed by atoms with Gasteiger partial charge >= 0.3 is 0 Å². The monoisotopic (exact) mass is 335 g/mol. The smallest absolute Gasteiger partial charge is 0.145 e. The number of nitrogens with two attached hydrogens (primary N) is 1. The summed E-state index contributed by atoms with van der Waals surface area (Å²) < 4.78 is 33.7. The van der Waals surface area contributed by atoms with Gasteiger partial charge in [0.1, 0.15) is 11.6 Å². The number of benzene rings is 1. The van der Waals surface area contributed by atoms with Crippen molar-refractivity contribution in [2.24, 2.45) is 11.1 Å². The molecular weight excluding hydrogens is 316 g/mol. The number of rotatable bonds is 4. The molecule has 1 rings (SSSR count). The zero-order chi connectivity index (χ0) is 14.8. The van der Waals surface area contributed by atoms with Gasteiger partial charge in [0.25, 0.3) is 0 Å². The van der Waals surface area contributed by atoms with Crippen LogP contribution in [0.5, 0.6) is 0 Å². The van der Waals surface area contributed by atoms with E-state index in [2.05, 4.69) is 15.9 Å². The summed E-state index contributed by atoms with van der Waals surface area (Å²) in [7, 11) is 0. The summed E-state index contributed by atoms with van der Waals surface area (Å²) in [6, 6.07) is 1.67. The molecule has 19 heavy (non-hydrogen) atoms. The molecule has 2 unspecified atom stereocenters. The fourth-order valence-corrected chi connectivity index (χ4v) is 2.42. The molecule has 0 amide bonds. The number of hydrogen-bond donors (Lipinski definition) is 1. The van der Waals surface area contributed by atoms with E-state index in [1.54, 1.807) is 0 Å². The van der Waals surface area contributed by atoms with Crippen molar-refractivity contribution in [1.82, 2.24) is 0 Å². The average molecular weight is 336 g/mol. The first-order chi connectivity index (χ1) is 8.70. The van der Waals surface area contributed by atoms with Gasteiger partial charge in [0, 0.05) is 12.2 Å². The van der Waals surface area contributed by atoms with E-state index < -0.39 is 23.8 Å². The highest BCUT2D eigenvalue weighted by Gasteiger charge is 2.35. The van der Waals surface area contributed by atoms with Crippen LogP contribution >= 0.6 is 15.9 Å². The van der Waals surface area contributed by atoms with Gasteiger partial charge in [-0.15, -0.1) is 0 Å². The van der Waals surface area contributed by atoms with Crippen molar-refractivity contribution in [3.63, 3.8) is 0 Å². The topological polar surface area (TPSA) is 35.2 Å². The van der Waals surface area contributed by atoms with Gasteiger partial charge in [-0.2, -0.15) is 0 Å². The number of halogens is 3. The molecule has 1 aromatic carbocycles. The molecule has 1 aromatic rings. The lowest BCUT2D eigenvalue weighted by Crippen LogP contribution is -2.40. The molecule has 2 nitrogen and oxygen atoms in total. The summed E-state index contributed by atoms with van der Waals surface area (Å²) in [5.41, 5.74) is 5.60.